The van der Waals surface area contributed by atoms with Gasteiger partial charge in [0.05, 0.1) is 11.3 Å². The Bertz CT molecular complexity index is 739. The molecule has 1 aromatic heterocycles. The summed E-state index contributed by atoms with van der Waals surface area (Å²) in [4.78, 5) is 8.86. The molecule has 0 aliphatic heterocycles. The van der Waals surface area contributed by atoms with Gasteiger partial charge in [-0.15, -0.1) is 0 Å². The first kappa shape index (κ1) is 26.8. The first-order valence-corrected chi connectivity index (χ1v) is 11.0. The molecular formula is C25H40FN3. The van der Waals surface area contributed by atoms with E-state index in [1.807, 2.05) is 78.8 Å². The maximum atomic E-state index is 15.4. The van der Waals surface area contributed by atoms with Gasteiger partial charge < -0.3 is 5.32 Å². The van der Waals surface area contributed by atoms with Gasteiger partial charge >= 0.3 is 0 Å². The molecule has 0 saturated carbocycles. The summed E-state index contributed by atoms with van der Waals surface area (Å²) < 4.78 is 15.4. The van der Waals surface area contributed by atoms with E-state index in [9.17, 15) is 0 Å². The van der Waals surface area contributed by atoms with Crippen molar-refractivity contribution in [1.29, 1.82) is 0 Å². The Hall–Kier alpha value is -2.23. The smallest absolute Gasteiger partial charge is 0.140 e. The largest absolute Gasteiger partial charge is 0.365 e. The van der Waals surface area contributed by atoms with E-state index in [2.05, 4.69) is 29.1 Å². The van der Waals surface area contributed by atoms with Crippen molar-refractivity contribution < 1.29 is 4.39 Å². The lowest BCUT2D eigenvalue weighted by Crippen LogP contribution is -2.10. The molecule has 0 saturated heterocycles. The zero-order valence-corrected chi connectivity index (χ0v) is 19.9. The van der Waals surface area contributed by atoms with Crippen molar-refractivity contribution in [2.75, 3.05) is 5.32 Å². The molecule has 1 atom stereocenters. The van der Waals surface area contributed by atoms with E-state index in [-0.39, 0.29) is 11.7 Å². The lowest BCUT2D eigenvalue weighted by molar-refractivity contribution is 0.610. The average molecular weight is 402 g/mol. The zero-order chi connectivity index (χ0) is 22.4. The molecule has 1 N–H and O–H groups in total. The second-order valence-electron chi connectivity index (χ2n) is 6.42. The van der Waals surface area contributed by atoms with Crippen LogP contribution in [0.2, 0.25) is 0 Å². The Balaban J connectivity index is 0.00000184. The van der Waals surface area contributed by atoms with Gasteiger partial charge in [-0.25, -0.2) is 14.4 Å². The Labute approximate surface area is 177 Å². The van der Waals surface area contributed by atoms with Crippen molar-refractivity contribution in [2.24, 2.45) is 5.92 Å². The first-order chi connectivity index (χ1) is 14.0. The number of aryl methyl sites for hydroxylation is 2. The molecule has 0 spiro atoms. The summed E-state index contributed by atoms with van der Waals surface area (Å²) in [7, 11) is 0. The van der Waals surface area contributed by atoms with Gasteiger partial charge in [-0.05, 0) is 43.7 Å². The molecule has 0 fully saturated rings. The predicted molar refractivity (Wildman–Crippen MR) is 126 cm³/mol. The number of aromatic nitrogens is 2. The molecule has 2 aromatic rings. The summed E-state index contributed by atoms with van der Waals surface area (Å²) in [5.41, 5.74) is 3.14. The van der Waals surface area contributed by atoms with Gasteiger partial charge in [0.25, 0.3) is 0 Å². The highest BCUT2D eigenvalue weighted by atomic mass is 19.1. The summed E-state index contributed by atoms with van der Waals surface area (Å²) >= 11 is 0. The Kier molecular flexibility index (Phi) is 13.6. The van der Waals surface area contributed by atoms with E-state index in [0.29, 0.717) is 35.9 Å². The minimum Gasteiger partial charge on any atom is -0.365 e. The molecule has 0 bridgehead atoms. The molecule has 1 heterocycles. The van der Waals surface area contributed by atoms with Crippen LogP contribution in [0.5, 0.6) is 0 Å². The van der Waals surface area contributed by atoms with Crippen LogP contribution >= 0.6 is 0 Å². The molecular weight excluding hydrogens is 361 g/mol. The van der Waals surface area contributed by atoms with Crippen molar-refractivity contribution in [3.63, 3.8) is 0 Å². The Morgan fingerprint density at radius 1 is 1.00 bits per heavy atom. The van der Waals surface area contributed by atoms with Crippen LogP contribution in [0, 0.1) is 19.8 Å². The number of allylic oxidation sites excluding steroid dienone is 1. The highest BCUT2D eigenvalue weighted by Crippen LogP contribution is 2.34. The van der Waals surface area contributed by atoms with E-state index < -0.39 is 0 Å². The topological polar surface area (TPSA) is 37.8 Å². The fraction of sp³-hybridized carbons (Fsp3) is 0.520. The number of rotatable bonds is 7. The molecule has 2 rings (SSSR count). The van der Waals surface area contributed by atoms with Crippen LogP contribution in [0.1, 0.15) is 84.0 Å². The van der Waals surface area contributed by atoms with Crippen LogP contribution in [0.3, 0.4) is 0 Å². The Morgan fingerprint density at radius 3 is 2.10 bits per heavy atom. The minimum absolute atomic E-state index is 0.176. The quantitative estimate of drug-likeness (QED) is 0.512. The van der Waals surface area contributed by atoms with E-state index in [4.69, 9.17) is 0 Å². The molecule has 0 amide bonds. The van der Waals surface area contributed by atoms with Crippen LogP contribution < -0.4 is 5.32 Å². The average Bonchev–Trinajstić information content (AvgIpc) is 2.75. The van der Waals surface area contributed by atoms with Gasteiger partial charge in [0.2, 0.25) is 0 Å². The molecule has 0 aliphatic carbocycles. The molecule has 0 aliphatic rings. The molecule has 1 aromatic carbocycles. The minimum atomic E-state index is -0.176. The monoisotopic (exact) mass is 401 g/mol. The lowest BCUT2D eigenvalue weighted by atomic mass is 9.93. The van der Waals surface area contributed by atoms with Crippen molar-refractivity contribution >= 4 is 11.6 Å². The number of halogens is 1. The summed E-state index contributed by atoms with van der Waals surface area (Å²) in [5, 5.41) is 3.30. The number of nitrogens with one attached hydrogen (secondary N) is 1. The highest BCUT2D eigenvalue weighted by molar-refractivity contribution is 5.73. The van der Waals surface area contributed by atoms with Crippen LogP contribution in [-0.2, 0) is 6.54 Å². The number of benzene rings is 1. The predicted octanol–water partition coefficient (Wildman–Crippen LogP) is 7.89. The summed E-state index contributed by atoms with van der Waals surface area (Å²) in [5.74, 6) is 1.24. The van der Waals surface area contributed by atoms with Crippen molar-refractivity contribution in [3.05, 3.63) is 58.6 Å². The number of nitrogens with zero attached hydrogens (tertiary/aromatic N) is 2. The third kappa shape index (κ3) is 7.96. The number of hydrogen-bond donors (Lipinski definition) is 1. The first-order valence-electron chi connectivity index (χ1n) is 11.0. The van der Waals surface area contributed by atoms with Gasteiger partial charge in [-0.2, -0.15) is 0 Å². The standard InChI is InChI=1S/C21H28FN3.2C2H6/c1-6-14(3)18(7-2)20(22)19-15(4)24-16(5)25-21(19)23-13-17-11-9-8-10-12-17;2*1-2/h8-12,14H,6-7,13H2,1-5H3,(H,23,24,25);2*1-2H3/b20-18+;;. The van der Waals surface area contributed by atoms with Gasteiger partial charge in [0.15, 0.2) is 0 Å². The van der Waals surface area contributed by atoms with Crippen molar-refractivity contribution in [2.45, 2.75) is 81.7 Å². The molecule has 4 heteroatoms. The van der Waals surface area contributed by atoms with Gasteiger partial charge in [-0.3, -0.25) is 0 Å². The number of anilines is 1. The SMILES string of the molecule is CC.CC.CC/C(=C(\F)c1c(C)nc(C)nc1NCc1ccccc1)C(C)CC. The maximum absolute atomic E-state index is 15.4. The molecule has 29 heavy (non-hydrogen) atoms. The summed E-state index contributed by atoms with van der Waals surface area (Å²) in [6.45, 7) is 18.4. The summed E-state index contributed by atoms with van der Waals surface area (Å²) in [6, 6.07) is 10.0. The van der Waals surface area contributed by atoms with Crippen LogP contribution in [0.4, 0.5) is 10.2 Å². The van der Waals surface area contributed by atoms with Crippen LogP contribution in [0.25, 0.3) is 5.83 Å². The third-order valence-corrected chi connectivity index (χ3v) is 4.59. The second-order valence-corrected chi connectivity index (χ2v) is 6.42. The van der Waals surface area contributed by atoms with Crippen LogP contribution in [-0.4, -0.2) is 9.97 Å². The fourth-order valence-corrected chi connectivity index (χ4v) is 3.01. The Morgan fingerprint density at radius 2 is 1.59 bits per heavy atom. The summed E-state index contributed by atoms with van der Waals surface area (Å²) in [6.07, 6.45) is 1.60. The maximum Gasteiger partial charge on any atom is 0.140 e. The number of hydrogen-bond acceptors (Lipinski definition) is 3. The second kappa shape index (κ2) is 14.7. The van der Waals surface area contributed by atoms with E-state index in [1.54, 1.807) is 0 Å². The molecule has 0 radical (unpaired) electrons. The van der Waals surface area contributed by atoms with E-state index >= 15 is 4.39 Å². The van der Waals surface area contributed by atoms with E-state index in [0.717, 1.165) is 17.6 Å². The normalized spacial score (nSPS) is 11.9. The zero-order valence-electron chi connectivity index (χ0n) is 19.9. The molecule has 3 nitrogen and oxygen atoms in total. The molecule has 1 unspecified atom stereocenters. The third-order valence-electron chi connectivity index (χ3n) is 4.59. The van der Waals surface area contributed by atoms with Crippen molar-refractivity contribution in [3.8, 4) is 0 Å². The lowest BCUT2D eigenvalue weighted by Gasteiger charge is -2.18. The molecule has 162 valence electrons. The van der Waals surface area contributed by atoms with Crippen molar-refractivity contribution in [1.82, 2.24) is 9.97 Å². The van der Waals surface area contributed by atoms with Gasteiger partial charge in [0, 0.05) is 6.54 Å². The van der Waals surface area contributed by atoms with Gasteiger partial charge in [-0.1, -0.05) is 78.8 Å². The van der Waals surface area contributed by atoms with Gasteiger partial charge in [0.1, 0.15) is 17.5 Å². The van der Waals surface area contributed by atoms with E-state index in [1.165, 1.54) is 0 Å². The van der Waals surface area contributed by atoms with Crippen LogP contribution in [0.15, 0.2) is 35.9 Å². The highest BCUT2D eigenvalue weighted by Gasteiger charge is 2.20. The fourth-order valence-electron chi connectivity index (χ4n) is 3.01.